The van der Waals surface area contributed by atoms with Crippen LogP contribution in [0.2, 0.25) is 5.15 Å². The molecule has 1 heterocycles. The molecule has 0 radical (unpaired) electrons. The van der Waals surface area contributed by atoms with Crippen LogP contribution in [0.3, 0.4) is 0 Å². The molecule has 0 N–H and O–H groups in total. The van der Waals surface area contributed by atoms with Gasteiger partial charge in [0.05, 0.1) is 6.61 Å². The summed E-state index contributed by atoms with van der Waals surface area (Å²) in [5.74, 6) is -15.6. The highest BCUT2D eigenvalue weighted by atomic mass is 35.5. The van der Waals surface area contributed by atoms with Gasteiger partial charge < -0.3 is 15.0 Å². The van der Waals surface area contributed by atoms with Crippen LogP contribution in [0, 0.1) is 5.21 Å². The SMILES string of the molecule is CCOc1cc(Cl)nc(N([O-])C(F)(F)C(F)(F)C(F)(F)C(F)F)n1. The van der Waals surface area contributed by atoms with E-state index in [-0.39, 0.29) is 6.61 Å². The van der Waals surface area contributed by atoms with Gasteiger partial charge >= 0.3 is 24.3 Å². The monoisotopic (exact) mass is 388 g/mol. The predicted molar refractivity (Wildman–Crippen MR) is 64.9 cm³/mol. The first-order valence-corrected chi connectivity index (χ1v) is 6.23. The third-order valence-corrected chi connectivity index (χ3v) is 2.65. The van der Waals surface area contributed by atoms with Gasteiger partial charge in [-0.05, 0) is 6.92 Å². The number of hydrogen-bond donors (Lipinski definition) is 0. The van der Waals surface area contributed by atoms with E-state index < -0.39 is 46.4 Å². The predicted octanol–water partition coefficient (Wildman–Crippen LogP) is 3.96. The number of hydroxylamine groups is 1. The van der Waals surface area contributed by atoms with Gasteiger partial charge in [-0.15, -0.1) is 0 Å². The number of rotatable bonds is 7. The zero-order valence-electron chi connectivity index (χ0n) is 11.4. The molecule has 0 fully saturated rings. The lowest BCUT2D eigenvalue weighted by Crippen LogP contribution is -2.63. The van der Waals surface area contributed by atoms with Gasteiger partial charge in [0, 0.05) is 6.07 Å². The Bertz CT molecular complexity index is 589. The molecule has 0 aliphatic carbocycles. The Morgan fingerprint density at radius 2 is 1.75 bits per heavy atom. The Hall–Kier alpha value is -1.63. The van der Waals surface area contributed by atoms with Crippen molar-refractivity contribution in [3.63, 3.8) is 0 Å². The summed E-state index contributed by atoms with van der Waals surface area (Å²) in [6, 6.07) is -5.51. The molecule has 0 atom stereocenters. The fraction of sp³-hybridized carbons (Fsp3) is 0.600. The lowest BCUT2D eigenvalue weighted by Gasteiger charge is -2.42. The van der Waals surface area contributed by atoms with E-state index in [2.05, 4.69) is 14.7 Å². The summed E-state index contributed by atoms with van der Waals surface area (Å²) in [4.78, 5) is 5.84. The maximum atomic E-state index is 13.5. The van der Waals surface area contributed by atoms with Gasteiger partial charge in [0.2, 0.25) is 11.8 Å². The molecule has 5 nitrogen and oxygen atoms in total. The minimum Gasteiger partial charge on any atom is -0.752 e. The lowest BCUT2D eigenvalue weighted by atomic mass is 10.1. The second-order valence-electron chi connectivity index (χ2n) is 4.10. The molecular formula is C10H7ClF8N3O2-. The normalized spacial score (nSPS) is 13.3. The first-order valence-electron chi connectivity index (χ1n) is 5.85. The zero-order chi connectivity index (χ0) is 18.9. The molecule has 1 aromatic rings. The van der Waals surface area contributed by atoms with Crippen molar-refractivity contribution >= 4 is 17.5 Å². The van der Waals surface area contributed by atoms with E-state index >= 15 is 0 Å². The van der Waals surface area contributed by atoms with E-state index in [9.17, 15) is 40.3 Å². The summed E-state index contributed by atoms with van der Waals surface area (Å²) >= 11 is 5.34. The number of hydrogen-bond acceptors (Lipinski definition) is 5. The van der Waals surface area contributed by atoms with Crippen LogP contribution in [0.5, 0.6) is 5.88 Å². The molecule has 0 unspecified atom stereocenters. The minimum atomic E-state index is -6.74. The average molecular weight is 389 g/mol. The number of halogens is 9. The molecule has 0 bridgehead atoms. The Morgan fingerprint density at radius 1 is 1.21 bits per heavy atom. The first kappa shape index (κ1) is 20.4. The topological polar surface area (TPSA) is 61.3 Å². The highest BCUT2D eigenvalue weighted by molar-refractivity contribution is 6.29. The van der Waals surface area contributed by atoms with Crippen LogP contribution in [0.15, 0.2) is 6.07 Å². The lowest BCUT2D eigenvalue weighted by molar-refractivity contribution is -0.336. The molecule has 0 saturated heterocycles. The van der Waals surface area contributed by atoms with Crippen molar-refractivity contribution in [1.82, 2.24) is 9.97 Å². The summed E-state index contributed by atoms with van der Waals surface area (Å²) in [6.07, 6.45) is -5.16. The van der Waals surface area contributed by atoms with Gasteiger partial charge in [0.1, 0.15) is 5.15 Å². The van der Waals surface area contributed by atoms with Crippen molar-refractivity contribution in [2.24, 2.45) is 0 Å². The standard InChI is InChI=1S/C10H7ClF8N3O2/c1-2-24-5-3-4(11)20-7(21-5)22(23)10(18,19)9(16,17)8(14,15)6(12)13/h3,6H,2H2,1H3/q-1. The van der Waals surface area contributed by atoms with Crippen LogP contribution in [0.4, 0.5) is 41.1 Å². The maximum absolute atomic E-state index is 13.5. The summed E-state index contributed by atoms with van der Waals surface area (Å²) in [6.45, 7) is 1.29. The summed E-state index contributed by atoms with van der Waals surface area (Å²) in [5.41, 5.74) is 0. The second-order valence-corrected chi connectivity index (χ2v) is 4.48. The van der Waals surface area contributed by atoms with E-state index in [1.165, 1.54) is 6.92 Å². The number of anilines is 1. The van der Waals surface area contributed by atoms with Crippen LogP contribution < -0.4 is 9.80 Å². The Labute approximate surface area is 133 Å². The summed E-state index contributed by atoms with van der Waals surface area (Å²) in [7, 11) is 0. The minimum absolute atomic E-state index is 0.109. The van der Waals surface area contributed by atoms with E-state index in [1.807, 2.05) is 0 Å². The van der Waals surface area contributed by atoms with Crippen molar-refractivity contribution in [1.29, 1.82) is 0 Å². The Kier molecular flexibility index (Phi) is 5.70. The Balaban J connectivity index is 3.32. The maximum Gasteiger partial charge on any atom is 0.397 e. The molecule has 0 aliphatic rings. The highest BCUT2D eigenvalue weighted by Crippen LogP contribution is 2.50. The molecule has 0 aliphatic heterocycles. The van der Waals surface area contributed by atoms with Crippen LogP contribution in [-0.2, 0) is 0 Å². The van der Waals surface area contributed by atoms with Crippen molar-refractivity contribution in [3.8, 4) is 5.88 Å². The van der Waals surface area contributed by atoms with Crippen LogP contribution >= 0.6 is 11.6 Å². The second kappa shape index (κ2) is 6.70. The molecule has 0 aromatic carbocycles. The van der Waals surface area contributed by atoms with E-state index in [1.54, 1.807) is 0 Å². The summed E-state index contributed by atoms with van der Waals surface area (Å²) in [5, 5.41) is 8.61. The average Bonchev–Trinajstić information content (AvgIpc) is 2.45. The molecule has 1 aromatic heterocycles. The van der Waals surface area contributed by atoms with Crippen LogP contribution in [0.25, 0.3) is 0 Å². The first-order chi connectivity index (χ1) is 10.8. The van der Waals surface area contributed by atoms with Crippen molar-refractivity contribution < 1.29 is 39.9 Å². The fourth-order valence-corrected chi connectivity index (χ4v) is 1.46. The van der Waals surface area contributed by atoms with Gasteiger partial charge in [0.25, 0.3) is 0 Å². The molecule has 0 amide bonds. The highest BCUT2D eigenvalue weighted by Gasteiger charge is 2.76. The molecular weight excluding hydrogens is 382 g/mol. The molecule has 24 heavy (non-hydrogen) atoms. The van der Waals surface area contributed by atoms with E-state index in [0.717, 1.165) is 6.07 Å². The van der Waals surface area contributed by atoms with E-state index in [0.29, 0.717) is 0 Å². The third-order valence-electron chi connectivity index (χ3n) is 2.46. The van der Waals surface area contributed by atoms with Crippen molar-refractivity contribution in [3.05, 3.63) is 16.4 Å². The quantitative estimate of drug-likeness (QED) is 0.306. The third kappa shape index (κ3) is 3.41. The molecule has 1 rings (SSSR count). The smallest absolute Gasteiger partial charge is 0.397 e. The van der Waals surface area contributed by atoms with Crippen molar-refractivity contribution in [2.75, 3.05) is 11.7 Å². The molecule has 0 saturated carbocycles. The largest absolute Gasteiger partial charge is 0.752 e. The fourth-order valence-electron chi connectivity index (χ4n) is 1.29. The van der Waals surface area contributed by atoms with Crippen LogP contribution in [0.1, 0.15) is 6.92 Å². The number of nitrogens with zero attached hydrogens (tertiary/aromatic N) is 3. The number of aromatic nitrogens is 2. The van der Waals surface area contributed by atoms with Gasteiger partial charge in [-0.25, -0.2) is 13.8 Å². The van der Waals surface area contributed by atoms with Gasteiger partial charge in [-0.1, -0.05) is 11.6 Å². The van der Waals surface area contributed by atoms with Crippen LogP contribution in [-0.4, -0.2) is 40.9 Å². The number of alkyl halides is 8. The van der Waals surface area contributed by atoms with E-state index in [4.69, 9.17) is 11.6 Å². The van der Waals surface area contributed by atoms with Crippen molar-refractivity contribution in [2.45, 2.75) is 31.2 Å². The van der Waals surface area contributed by atoms with Gasteiger partial charge in [0.15, 0.2) is 0 Å². The molecule has 14 heteroatoms. The summed E-state index contributed by atoms with van der Waals surface area (Å²) < 4.78 is 107. The zero-order valence-corrected chi connectivity index (χ0v) is 12.2. The Morgan fingerprint density at radius 3 is 2.21 bits per heavy atom. The van der Waals surface area contributed by atoms with Gasteiger partial charge in [-0.3, -0.25) is 0 Å². The number of ether oxygens (including phenoxy) is 1. The molecule has 138 valence electrons. The van der Waals surface area contributed by atoms with Gasteiger partial charge in [-0.2, -0.15) is 31.3 Å². The molecule has 0 spiro atoms.